The van der Waals surface area contributed by atoms with Crippen molar-refractivity contribution in [1.29, 1.82) is 0 Å². The molecule has 13 heavy (non-hydrogen) atoms. The molecule has 0 rings (SSSR count). The van der Waals surface area contributed by atoms with Crippen molar-refractivity contribution < 1.29 is 68.6 Å². The van der Waals surface area contributed by atoms with Crippen LogP contribution in [0.15, 0.2) is 5.57 Å². The van der Waals surface area contributed by atoms with Gasteiger partial charge in [0.2, 0.25) is 0 Å². The Hall–Kier alpha value is 1.23. The molecule has 0 saturated carbocycles. The third kappa shape index (κ3) is 8.24. The fraction of sp³-hybridized carbons (Fsp3) is 0.333. The van der Waals surface area contributed by atoms with E-state index in [2.05, 4.69) is 29.6 Å². The van der Waals surface area contributed by atoms with Gasteiger partial charge >= 0.3 is 65.1 Å². The molecule has 0 bridgehead atoms. The number of carbonyl (C=O) groups is 1. The molecule has 3 nitrogen and oxygen atoms in total. The molecular weight excluding hydrogens is 228 g/mol. The molecule has 0 heterocycles. The summed E-state index contributed by atoms with van der Waals surface area (Å²) >= 11 is 8.92. The van der Waals surface area contributed by atoms with Crippen molar-refractivity contribution in [3.63, 3.8) is 0 Å². The first-order valence-electron chi connectivity index (χ1n) is 2.79. The fourth-order valence-electron chi connectivity index (χ4n) is 0.378. The van der Waals surface area contributed by atoms with E-state index in [0.717, 1.165) is 0 Å². The Morgan fingerprint density at radius 1 is 1.62 bits per heavy atom. The molecule has 7 heteroatoms. The number of esters is 1. The van der Waals surface area contributed by atoms with Gasteiger partial charge in [-0.15, -0.1) is 4.20 Å². The maximum atomic E-state index is 10.8. The van der Waals surface area contributed by atoms with Crippen molar-refractivity contribution in [3.8, 4) is 0 Å². The minimum absolute atomic E-state index is 0. The van der Waals surface area contributed by atoms with E-state index in [1.165, 1.54) is 0 Å². The molecule has 0 aromatic heterocycles. The zero-order valence-corrected chi connectivity index (χ0v) is 13.4. The van der Waals surface area contributed by atoms with Crippen LogP contribution in [0.5, 0.6) is 0 Å². The summed E-state index contributed by atoms with van der Waals surface area (Å²) in [6.07, 6.45) is 0. The van der Waals surface area contributed by atoms with Crippen molar-refractivity contribution in [2.24, 2.45) is 0 Å². The summed E-state index contributed by atoms with van der Waals surface area (Å²) in [7, 11) is 0. The monoisotopic (exact) mass is 233 g/mol. The second-order valence-electron chi connectivity index (χ2n) is 1.49. The minimum atomic E-state index is -0.741. The van der Waals surface area contributed by atoms with Gasteiger partial charge in [-0.2, -0.15) is 0 Å². The Morgan fingerprint density at radius 3 is 2.31 bits per heavy atom. The third-order valence-electron chi connectivity index (χ3n) is 0.795. The maximum absolute atomic E-state index is 10.8. The number of hydrogen-bond acceptors (Lipinski definition) is 4. The molecule has 0 N–H and O–H groups in total. The van der Waals surface area contributed by atoms with Crippen molar-refractivity contribution in [2.75, 3.05) is 6.61 Å². The molecule has 0 spiro atoms. The van der Waals surface area contributed by atoms with Crippen LogP contribution >= 0.6 is 12.2 Å². The second-order valence-corrected chi connectivity index (χ2v) is 2.57. The molecule has 0 atom stereocenters. The van der Waals surface area contributed by atoms with Crippen LogP contribution in [0.25, 0.3) is 5.41 Å². The van der Waals surface area contributed by atoms with Crippen LogP contribution in [0.1, 0.15) is 6.92 Å². The normalized spacial score (nSPS) is 6.85. The summed E-state index contributed by atoms with van der Waals surface area (Å²) in [6.45, 7) is 1.85. The molecule has 0 aliphatic carbocycles. The van der Waals surface area contributed by atoms with Gasteiger partial charge in [0.05, 0.1) is 12.2 Å². The summed E-state index contributed by atoms with van der Waals surface area (Å²) in [5, 5.41) is 8.35. The minimum Gasteiger partial charge on any atom is -0.763 e. The van der Waals surface area contributed by atoms with E-state index in [9.17, 15) is 4.79 Å². The van der Waals surface area contributed by atoms with E-state index in [1.54, 1.807) is 12.8 Å². The Labute approximate surface area is 132 Å². The van der Waals surface area contributed by atoms with Crippen molar-refractivity contribution >= 4 is 40.9 Å². The molecule has 0 radical (unpaired) electrons. The summed E-state index contributed by atoms with van der Waals surface area (Å²) < 4.78 is 4.36. The zero-order chi connectivity index (χ0) is 8.85. The first-order valence-corrected chi connectivity index (χ1v) is 3.60. The van der Waals surface area contributed by atoms with Gasteiger partial charge in [0.15, 0.2) is 0 Å². The van der Waals surface area contributed by atoms with Crippen molar-refractivity contribution in [1.82, 2.24) is 0 Å². The number of thiocarbonyl (C=S) groups is 1. The van der Waals surface area contributed by atoms with Gasteiger partial charge in [0.1, 0.15) is 0 Å². The van der Waals surface area contributed by atoms with Gasteiger partial charge < -0.3 is 35.0 Å². The van der Waals surface area contributed by atoms with Crippen LogP contribution in [0, 0.1) is 0 Å². The largest absolute Gasteiger partial charge is 1.00 e. The van der Waals surface area contributed by atoms with E-state index in [0.29, 0.717) is 0 Å². The van der Waals surface area contributed by atoms with Crippen LogP contribution in [-0.2, 0) is 22.2 Å². The summed E-state index contributed by atoms with van der Waals surface area (Å²) in [5.41, 5.74) is -0.267. The number of carbonyl (C=O) groups excluding carboxylic acids is 1. The number of hydrogen-bond donors (Lipinski definition) is 0. The van der Waals surface area contributed by atoms with Crippen LogP contribution in [-0.4, -0.2) is 22.6 Å². The quantitative estimate of drug-likeness (QED) is 0.122. The summed E-state index contributed by atoms with van der Waals surface area (Å²) in [4.78, 5) is 10.8. The molecule has 0 amide bonds. The second kappa shape index (κ2) is 11.3. The first-order chi connectivity index (χ1) is 5.13. The Bertz CT molecular complexity index is 239. The number of ether oxygens (including phenoxy) is 1. The molecule has 0 unspecified atom stereocenters. The summed E-state index contributed by atoms with van der Waals surface area (Å²) in [6, 6.07) is 0. The van der Waals surface area contributed by atoms with E-state index in [-0.39, 0.29) is 75.5 Å². The van der Waals surface area contributed by atoms with Crippen molar-refractivity contribution in [2.45, 2.75) is 6.92 Å². The van der Waals surface area contributed by atoms with Crippen LogP contribution in [0.4, 0.5) is 0 Å². The number of rotatable bonds is 3. The van der Waals surface area contributed by atoms with Gasteiger partial charge in [-0.3, -0.25) is 5.87 Å². The molecule has 0 aromatic carbocycles. The average Bonchev–Trinajstić information content (AvgIpc) is 1.88. The molecule has 0 aromatic rings. The molecule has 0 saturated heterocycles. The Morgan fingerprint density at radius 2 is 2.08 bits per heavy atom. The topological polar surface area (TPSA) is 48.6 Å². The molecular formula is C6H5NNa2O2S2. The van der Waals surface area contributed by atoms with Gasteiger partial charge in [-0.25, -0.2) is 4.79 Å². The average molecular weight is 233 g/mol. The Balaban J connectivity index is -0.000000500. The molecule has 0 aliphatic rings. The molecule has 0 fully saturated rings. The van der Waals surface area contributed by atoms with Crippen LogP contribution < -0.4 is 59.1 Å². The van der Waals surface area contributed by atoms with E-state index >= 15 is 0 Å². The standard InChI is InChI=1S/C6H6NO2S2.2Na/c1-2-9-5(8)4(3-7)6(10)11;;/h2H2,1H3,(H,10,11);;/q-1;2*+1/p-1. The van der Waals surface area contributed by atoms with Crippen LogP contribution in [0.2, 0.25) is 0 Å². The summed E-state index contributed by atoms with van der Waals surface area (Å²) in [5.74, 6) is 0.842. The fourth-order valence-corrected chi connectivity index (χ4v) is 0.636. The zero-order valence-electron chi connectivity index (χ0n) is 7.79. The third-order valence-corrected chi connectivity index (χ3v) is 1.20. The smallest absolute Gasteiger partial charge is 0.763 e. The van der Waals surface area contributed by atoms with Gasteiger partial charge in [-0.05, 0) is 6.92 Å². The molecule has 60 valence electrons. The SMILES string of the molecule is CCOC(=O)C(=C=[N-])C(=S)[S-].[Na+].[Na+]. The van der Waals surface area contributed by atoms with Crippen molar-refractivity contribution in [3.05, 3.63) is 11.0 Å². The number of nitrogens with zero attached hydrogens (tertiary/aromatic N) is 1. The van der Waals surface area contributed by atoms with Crippen LogP contribution in [0.3, 0.4) is 0 Å². The van der Waals surface area contributed by atoms with Gasteiger partial charge in [0.25, 0.3) is 0 Å². The van der Waals surface area contributed by atoms with E-state index in [4.69, 9.17) is 5.41 Å². The first kappa shape index (κ1) is 19.7. The van der Waals surface area contributed by atoms with E-state index in [1.807, 2.05) is 0 Å². The van der Waals surface area contributed by atoms with E-state index < -0.39 is 5.97 Å². The van der Waals surface area contributed by atoms with Gasteiger partial charge in [0, 0.05) is 0 Å². The Kier molecular flexibility index (Phi) is 17.2. The predicted octanol–water partition coefficient (Wildman–Crippen LogP) is -5.40. The maximum Gasteiger partial charge on any atom is 1.00 e. The predicted molar refractivity (Wildman–Crippen MR) is 48.5 cm³/mol. The van der Waals surface area contributed by atoms with Gasteiger partial charge in [-0.1, -0.05) is 0 Å². The molecule has 0 aliphatic heterocycles.